The van der Waals surface area contributed by atoms with Crippen LogP contribution in [0.15, 0.2) is 21.6 Å². The van der Waals surface area contributed by atoms with E-state index in [0.717, 1.165) is 0 Å². The summed E-state index contributed by atoms with van der Waals surface area (Å²) in [4.78, 5) is 2.78. The van der Waals surface area contributed by atoms with Crippen molar-refractivity contribution in [1.29, 1.82) is 0 Å². The Morgan fingerprint density at radius 3 is 2.58 bits per heavy atom. The van der Waals surface area contributed by atoms with Gasteiger partial charge in [0.1, 0.15) is 16.5 Å². The van der Waals surface area contributed by atoms with Crippen LogP contribution in [0.2, 0.25) is 0 Å². The maximum atomic E-state index is 13.5. The molecule has 0 aliphatic carbocycles. The lowest BCUT2D eigenvalue weighted by atomic mass is 10.3. The van der Waals surface area contributed by atoms with Crippen LogP contribution in [0.5, 0.6) is 0 Å². The number of hydrogen-bond acceptors (Lipinski definition) is 6. The molecule has 1 aromatic heterocycles. The molecule has 1 aromatic carbocycles. The van der Waals surface area contributed by atoms with Gasteiger partial charge in [-0.05, 0) is 13.0 Å². The molecule has 0 spiro atoms. The molecule has 1 heterocycles. The summed E-state index contributed by atoms with van der Waals surface area (Å²) in [5, 5.41) is 3.36. The van der Waals surface area contributed by atoms with Gasteiger partial charge < -0.3 is 10.3 Å². The van der Waals surface area contributed by atoms with Gasteiger partial charge in [-0.15, -0.1) is 0 Å². The Hall–Kier alpha value is -2.23. The van der Waals surface area contributed by atoms with Crippen LogP contribution in [0.3, 0.4) is 0 Å². The first-order valence-corrected chi connectivity index (χ1v) is 6.35. The molecule has 7 nitrogen and oxygen atoms in total. The fourth-order valence-corrected chi connectivity index (χ4v) is 2.28. The first-order chi connectivity index (χ1) is 8.79. The summed E-state index contributed by atoms with van der Waals surface area (Å²) in [7, 11) is -4.34. The van der Waals surface area contributed by atoms with Crippen molar-refractivity contribution in [2.45, 2.75) is 11.8 Å². The van der Waals surface area contributed by atoms with Crippen molar-refractivity contribution < 1.29 is 21.7 Å². The van der Waals surface area contributed by atoms with E-state index in [1.807, 2.05) is 4.72 Å². The highest BCUT2D eigenvalue weighted by molar-refractivity contribution is 7.92. The fraction of sp³-hybridized carbons (Fsp3) is 0.111. The Morgan fingerprint density at radius 1 is 1.32 bits per heavy atom. The van der Waals surface area contributed by atoms with E-state index in [1.54, 1.807) is 0 Å². The number of nitrogen functional groups attached to an aromatic ring is 1. The first kappa shape index (κ1) is 13.2. The molecule has 102 valence electrons. The van der Waals surface area contributed by atoms with Gasteiger partial charge in [-0.1, -0.05) is 5.16 Å². The number of aromatic nitrogens is 2. The number of benzene rings is 1. The van der Waals surface area contributed by atoms with Crippen LogP contribution in [0, 0.1) is 18.6 Å². The van der Waals surface area contributed by atoms with Gasteiger partial charge in [0.15, 0.2) is 5.82 Å². The molecular weight excluding hydrogens is 282 g/mol. The smallest absolute Gasteiger partial charge is 0.335 e. The monoisotopic (exact) mass is 290 g/mol. The van der Waals surface area contributed by atoms with Crippen LogP contribution < -0.4 is 10.5 Å². The highest BCUT2D eigenvalue weighted by Crippen LogP contribution is 2.22. The SMILES string of the molecule is Cc1noc(NS(=O)(=O)c2cc(N)c(F)cc2F)n1. The van der Waals surface area contributed by atoms with E-state index in [1.165, 1.54) is 6.92 Å². The zero-order chi connectivity index (χ0) is 14.2. The lowest BCUT2D eigenvalue weighted by Gasteiger charge is -2.06. The minimum Gasteiger partial charge on any atom is -0.396 e. The van der Waals surface area contributed by atoms with Crippen molar-refractivity contribution in [2.24, 2.45) is 0 Å². The summed E-state index contributed by atoms with van der Waals surface area (Å²) in [6.45, 7) is 1.47. The molecule has 2 aromatic rings. The van der Waals surface area contributed by atoms with Crippen molar-refractivity contribution in [3.63, 3.8) is 0 Å². The standard InChI is InChI=1S/C9H8F2N4O3S/c1-4-13-9(18-14-4)15-19(16,17)8-3-7(12)5(10)2-6(8)11/h2-3H,12H2,1H3,(H,13,14,15). The van der Waals surface area contributed by atoms with Gasteiger partial charge in [0, 0.05) is 6.07 Å². The molecule has 0 aliphatic rings. The molecule has 3 N–H and O–H groups in total. The second kappa shape index (κ2) is 4.46. The number of sulfonamides is 1. The van der Waals surface area contributed by atoms with E-state index >= 15 is 0 Å². The highest BCUT2D eigenvalue weighted by Gasteiger charge is 2.23. The average Bonchev–Trinajstić information content (AvgIpc) is 2.68. The molecule has 19 heavy (non-hydrogen) atoms. The molecule has 0 radical (unpaired) electrons. The molecule has 10 heteroatoms. The Labute approximate surface area is 106 Å². The summed E-state index contributed by atoms with van der Waals surface area (Å²) in [6, 6.07) is 0.610. The van der Waals surface area contributed by atoms with Gasteiger partial charge in [-0.3, -0.25) is 0 Å². The van der Waals surface area contributed by atoms with Crippen molar-refractivity contribution in [3.8, 4) is 0 Å². The maximum absolute atomic E-state index is 13.5. The van der Waals surface area contributed by atoms with Crippen molar-refractivity contribution in [1.82, 2.24) is 10.1 Å². The van der Waals surface area contributed by atoms with Crippen molar-refractivity contribution >= 4 is 21.7 Å². The third-order valence-electron chi connectivity index (χ3n) is 2.09. The molecule has 0 amide bonds. The molecule has 0 unspecified atom stereocenters. The first-order valence-electron chi connectivity index (χ1n) is 4.87. The minimum atomic E-state index is -4.34. The quantitative estimate of drug-likeness (QED) is 0.817. The summed E-state index contributed by atoms with van der Waals surface area (Å²) >= 11 is 0. The summed E-state index contributed by atoms with van der Waals surface area (Å²) in [5.74, 6) is -2.14. The zero-order valence-electron chi connectivity index (χ0n) is 9.52. The number of aryl methyl sites for hydroxylation is 1. The van der Waals surface area contributed by atoms with E-state index in [9.17, 15) is 17.2 Å². The molecule has 0 saturated heterocycles. The van der Waals surface area contributed by atoms with Crippen LogP contribution in [0.25, 0.3) is 0 Å². The van der Waals surface area contributed by atoms with Crippen molar-refractivity contribution in [3.05, 3.63) is 29.6 Å². The van der Waals surface area contributed by atoms with E-state index < -0.39 is 38.3 Å². The number of halogens is 2. The van der Waals surface area contributed by atoms with Gasteiger partial charge in [0.2, 0.25) is 0 Å². The number of rotatable bonds is 3. The summed E-state index contributed by atoms with van der Waals surface area (Å²) in [6.07, 6.45) is 0. The van der Waals surface area contributed by atoms with Crippen molar-refractivity contribution in [2.75, 3.05) is 10.5 Å². The normalized spacial score (nSPS) is 11.5. The fourth-order valence-electron chi connectivity index (χ4n) is 1.26. The van der Waals surface area contributed by atoms with Gasteiger partial charge in [-0.25, -0.2) is 21.9 Å². The Kier molecular flexibility index (Phi) is 3.10. The molecular formula is C9H8F2N4O3S. The van der Waals surface area contributed by atoms with Crippen LogP contribution in [0.1, 0.15) is 5.82 Å². The van der Waals surface area contributed by atoms with E-state index in [0.29, 0.717) is 12.1 Å². The Balaban J connectivity index is 2.42. The maximum Gasteiger partial charge on any atom is 0.335 e. The predicted octanol–water partition coefficient (Wildman–Crippen LogP) is 1.04. The van der Waals surface area contributed by atoms with Gasteiger partial charge >= 0.3 is 6.01 Å². The summed E-state index contributed by atoms with van der Waals surface area (Å²) < 4.78 is 56.5. The lowest BCUT2D eigenvalue weighted by molar-refractivity contribution is 0.429. The third kappa shape index (κ3) is 2.62. The molecule has 0 fully saturated rings. The summed E-state index contributed by atoms with van der Waals surface area (Å²) in [5.41, 5.74) is 4.70. The van der Waals surface area contributed by atoms with Gasteiger partial charge in [0.05, 0.1) is 5.69 Å². The second-order valence-electron chi connectivity index (χ2n) is 3.56. The molecule has 0 saturated carbocycles. The van der Waals surface area contributed by atoms with Crippen LogP contribution in [-0.4, -0.2) is 18.6 Å². The molecule has 0 bridgehead atoms. The van der Waals surface area contributed by atoms with Crippen LogP contribution >= 0.6 is 0 Å². The Bertz CT molecular complexity index is 729. The van der Waals surface area contributed by atoms with Gasteiger partial charge in [-0.2, -0.15) is 4.98 Å². The topological polar surface area (TPSA) is 111 Å². The number of anilines is 2. The number of nitrogens with two attached hydrogens (primary N) is 1. The zero-order valence-corrected chi connectivity index (χ0v) is 10.3. The lowest BCUT2D eigenvalue weighted by Crippen LogP contribution is -2.15. The predicted molar refractivity (Wildman–Crippen MR) is 60.6 cm³/mol. The number of nitrogens with zero attached hydrogens (tertiary/aromatic N) is 2. The molecule has 0 atom stereocenters. The number of nitrogens with one attached hydrogen (secondary N) is 1. The highest BCUT2D eigenvalue weighted by atomic mass is 32.2. The van der Waals surface area contributed by atoms with E-state index in [-0.39, 0.29) is 5.82 Å². The van der Waals surface area contributed by atoms with Crippen LogP contribution in [0.4, 0.5) is 20.5 Å². The van der Waals surface area contributed by atoms with Crippen LogP contribution in [-0.2, 0) is 10.0 Å². The van der Waals surface area contributed by atoms with E-state index in [2.05, 4.69) is 14.7 Å². The third-order valence-corrected chi connectivity index (χ3v) is 3.43. The molecule has 0 aliphatic heterocycles. The van der Waals surface area contributed by atoms with Gasteiger partial charge in [0.25, 0.3) is 10.0 Å². The average molecular weight is 290 g/mol. The van der Waals surface area contributed by atoms with E-state index in [4.69, 9.17) is 5.73 Å². The number of hydrogen-bond donors (Lipinski definition) is 2. The molecule has 2 rings (SSSR count). The second-order valence-corrected chi connectivity index (χ2v) is 5.21. The minimum absolute atomic E-state index is 0.191. The largest absolute Gasteiger partial charge is 0.396 e. The Morgan fingerprint density at radius 2 is 2.00 bits per heavy atom.